The van der Waals surface area contributed by atoms with Crippen molar-refractivity contribution in [2.75, 3.05) is 37.3 Å². The minimum atomic E-state index is -3.63. The van der Waals surface area contributed by atoms with Gasteiger partial charge in [-0.25, -0.2) is 21.6 Å². The molecule has 0 aliphatic carbocycles. The topological polar surface area (TPSA) is 74.8 Å². The summed E-state index contributed by atoms with van der Waals surface area (Å²) in [6, 6.07) is 12.0. The number of hydrogen-bond donors (Lipinski definition) is 0. The maximum absolute atomic E-state index is 14.5. The zero-order valence-corrected chi connectivity index (χ0v) is 19.5. The van der Waals surface area contributed by atoms with Crippen molar-refractivity contribution >= 4 is 27.7 Å². The first kappa shape index (κ1) is 24.5. The minimum Gasteiger partial charge on any atom is -0.368 e. The quantitative estimate of drug-likeness (QED) is 0.494. The lowest BCUT2D eigenvalue weighted by Crippen LogP contribution is -2.49. The summed E-state index contributed by atoms with van der Waals surface area (Å²) in [4.78, 5) is 27.4. The Balaban J connectivity index is 1.63. The van der Waals surface area contributed by atoms with Crippen LogP contribution < -0.4 is 4.90 Å². The van der Waals surface area contributed by atoms with Crippen molar-refractivity contribution in [3.63, 3.8) is 0 Å². The first-order chi connectivity index (χ1) is 16.6. The fourth-order valence-corrected chi connectivity index (χ4v) is 4.70. The van der Waals surface area contributed by atoms with E-state index in [-0.39, 0.29) is 59.7 Å². The Labute approximate surface area is 200 Å². The molecule has 3 aromatic rings. The zero-order valence-electron chi connectivity index (χ0n) is 18.7. The molecule has 1 aliphatic rings. The van der Waals surface area contributed by atoms with Crippen LogP contribution in [0.2, 0.25) is 0 Å². The second kappa shape index (κ2) is 9.53. The maximum atomic E-state index is 14.5. The van der Waals surface area contributed by atoms with Gasteiger partial charge in [-0.2, -0.15) is 0 Å². The highest BCUT2D eigenvalue weighted by Crippen LogP contribution is 2.30. The number of halogens is 3. The van der Waals surface area contributed by atoms with E-state index in [2.05, 4.69) is 0 Å². The molecule has 0 unspecified atom stereocenters. The molecule has 0 N–H and O–H groups in total. The van der Waals surface area contributed by atoms with Gasteiger partial charge in [0.15, 0.2) is 16.1 Å². The van der Waals surface area contributed by atoms with Crippen LogP contribution in [-0.2, 0) is 9.84 Å². The summed E-state index contributed by atoms with van der Waals surface area (Å²) in [5, 5.41) is 0. The Morgan fingerprint density at radius 2 is 1.49 bits per heavy atom. The molecule has 0 spiro atoms. The van der Waals surface area contributed by atoms with Gasteiger partial charge in [0.25, 0.3) is 5.91 Å². The Morgan fingerprint density at radius 3 is 2.06 bits per heavy atom. The number of rotatable bonds is 5. The fourth-order valence-electron chi connectivity index (χ4n) is 4.05. The lowest BCUT2D eigenvalue weighted by Gasteiger charge is -2.36. The van der Waals surface area contributed by atoms with Crippen molar-refractivity contribution < 1.29 is 31.2 Å². The third-order valence-electron chi connectivity index (χ3n) is 5.93. The number of sulfone groups is 1. The molecule has 35 heavy (non-hydrogen) atoms. The standard InChI is InChI=1S/C25H21F3N2O4S/c1-35(33,34)17-6-7-18(19-4-2-3-5-22(19)26)20(14-17)25(32)30-10-8-29(9-11-30)16-12-23(27)21(15-31)24(28)13-16/h2-7,12-15H,8-11H2,1H3. The van der Waals surface area contributed by atoms with Crippen LogP contribution in [0, 0.1) is 17.5 Å². The van der Waals surface area contributed by atoms with Crippen LogP contribution in [0.3, 0.4) is 0 Å². The Hall–Kier alpha value is -3.66. The van der Waals surface area contributed by atoms with E-state index in [4.69, 9.17) is 0 Å². The smallest absolute Gasteiger partial charge is 0.254 e. The molecule has 182 valence electrons. The summed E-state index contributed by atoms with van der Waals surface area (Å²) in [6.45, 7) is 0.840. The molecular weight excluding hydrogens is 481 g/mol. The van der Waals surface area contributed by atoms with Crippen LogP contribution >= 0.6 is 0 Å². The van der Waals surface area contributed by atoms with E-state index < -0.39 is 38.8 Å². The van der Waals surface area contributed by atoms with Crippen molar-refractivity contribution in [3.05, 3.63) is 83.2 Å². The summed E-state index contributed by atoms with van der Waals surface area (Å²) in [5.41, 5.74) is 0.0593. The number of nitrogens with zero attached hydrogens (tertiary/aromatic N) is 2. The average molecular weight is 503 g/mol. The predicted octanol–water partition coefficient (Wildman–Crippen LogP) is 3.95. The van der Waals surface area contributed by atoms with Gasteiger partial charge in [0.05, 0.1) is 10.5 Å². The van der Waals surface area contributed by atoms with Gasteiger partial charge in [-0.1, -0.05) is 24.3 Å². The van der Waals surface area contributed by atoms with Crippen LogP contribution in [-0.4, -0.2) is 57.9 Å². The summed E-state index contributed by atoms with van der Waals surface area (Å²) in [7, 11) is -3.63. The SMILES string of the molecule is CS(=O)(=O)c1ccc(-c2ccccc2F)c(C(=O)N2CCN(c3cc(F)c(C=O)c(F)c3)CC2)c1. The third kappa shape index (κ3) is 4.93. The molecular formula is C25H21F3N2O4S. The van der Waals surface area contributed by atoms with Crippen molar-refractivity contribution in [1.29, 1.82) is 0 Å². The van der Waals surface area contributed by atoms with Crippen LogP contribution in [0.4, 0.5) is 18.9 Å². The Kier molecular flexibility index (Phi) is 6.66. The van der Waals surface area contributed by atoms with Gasteiger partial charge in [0.1, 0.15) is 17.5 Å². The van der Waals surface area contributed by atoms with E-state index in [1.807, 2.05) is 0 Å². The van der Waals surface area contributed by atoms with Gasteiger partial charge < -0.3 is 9.80 Å². The van der Waals surface area contributed by atoms with Gasteiger partial charge >= 0.3 is 0 Å². The van der Waals surface area contributed by atoms with Crippen molar-refractivity contribution in [2.45, 2.75) is 4.90 Å². The molecule has 0 radical (unpaired) electrons. The molecule has 1 saturated heterocycles. The first-order valence-corrected chi connectivity index (χ1v) is 12.6. The van der Waals surface area contributed by atoms with Crippen molar-refractivity contribution in [2.24, 2.45) is 0 Å². The molecule has 0 aromatic heterocycles. The number of hydrogen-bond acceptors (Lipinski definition) is 5. The summed E-state index contributed by atoms with van der Waals surface area (Å²) in [6.07, 6.45) is 1.13. The van der Waals surface area contributed by atoms with Gasteiger partial charge in [0, 0.05) is 49.2 Å². The molecule has 1 fully saturated rings. The highest BCUT2D eigenvalue weighted by Gasteiger charge is 2.27. The molecule has 3 aromatic carbocycles. The van der Waals surface area contributed by atoms with Crippen molar-refractivity contribution in [3.8, 4) is 11.1 Å². The van der Waals surface area contributed by atoms with Gasteiger partial charge in [-0.15, -0.1) is 0 Å². The monoisotopic (exact) mass is 502 g/mol. The second-order valence-electron chi connectivity index (χ2n) is 8.18. The number of carbonyl (C=O) groups excluding carboxylic acids is 2. The minimum absolute atomic E-state index is 0.0406. The lowest BCUT2D eigenvalue weighted by atomic mass is 9.98. The molecule has 4 rings (SSSR count). The van der Waals surface area contributed by atoms with E-state index in [0.717, 1.165) is 18.4 Å². The summed E-state index contributed by atoms with van der Waals surface area (Å²) in [5.74, 6) is -2.98. The van der Waals surface area contributed by atoms with E-state index in [1.54, 1.807) is 11.0 Å². The third-order valence-corrected chi connectivity index (χ3v) is 7.04. The molecule has 1 amide bonds. The number of benzene rings is 3. The maximum Gasteiger partial charge on any atom is 0.254 e. The first-order valence-electron chi connectivity index (χ1n) is 10.7. The normalized spacial score (nSPS) is 14.2. The van der Waals surface area contributed by atoms with Crippen LogP contribution in [0.1, 0.15) is 20.7 Å². The second-order valence-corrected chi connectivity index (χ2v) is 10.2. The molecule has 0 bridgehead atoms. The molecule has 10 heteroatoms. The number of amides is 1. The zero-order chi connectivity index (χ0) is 25.3. The fraction of sp³-hybridized carbons (Fsp3) is 0.200. The largest absolute Gasteiger partial charge is 0.368 e. The molecule has 0 atom stereocenters. The summed E-state index contributed by atoms with van der Waals surface area (Å²) >= 11 is 0. The van der Waals surface area contributed by atoms with E-state index in [9.17, 15) is 31.2 Å². The van der Waals surface area contributed by atoms with Crippen molar-refractivity contribution in [1.82, 2.24) is 4.90 Å². The van der Waals surface area contributed by atoms with Crippen LogP contribution in [0.5, 0.6) is 0 Å². The van der Waals surface area contributed by atoms with E-state index in [0.29, 0.717) is 0 Å². The summed E-state index contributed by atoms with van der Waals surface area (Å²) < 4.78 is 66.8. The number of aldehydes is 1. The Bertz CT molecular complexity index is 1390. The van der Waals surface area contributed by atoms with Crippen LogP contribution in [0.25, 0.3) is 11.1 Å². The van der Waals surface area contributed by atoms with E-state index >= 15 is 0 Å². The molecule has 6 nitrogen and oxygen atoms in total. The predicted molar refractivity (Wildman–Crippen MR) is 125 cm³/mol. The van der Waals surface area contributed by atoms with Crippen LogP contribution in [0.15, 0.2) is 59.5 Å². The van der Waals surface area contributed by atoms with Gasteiger partial charge in [-0.3, -0.25) is 9.59 Å². The lowest BCUT2D eigenvalue weighted by molar-refractivity contribution is 0.0747. The highest BCUT2D eigenvalue weighted by atomic mass is 32.2. The molecule has 1 heterocycles. The number of piperazine rings is 1. The molecule has 0 saturated carbocycles. The highest BCUT2D eigenvalue weighted by molar-refractivity contribution is 7.90. The number of carbonyl (C=O) groups is 2. The Morgan fingerprint density at radius 1 is 0.857 bits per heavy atom. The van der Waals surface area contributed by atoms with E-state index in [1.165, 1.54) is 41.3 Å². The van der Waals surface area contributed by atoms with Gasteiger partial charge in [-0.05, 0) is 35.9 Å². The number of anilines is 1. The molecule has 1 aliphatic heterocycles. The van der Waals surface area contributed by atoms with Gasteiger partial charge in [0.2, 0.25) is 0 Å². The average Bonchev–Trinajstić information content (AvgIpc) is 2.83.